The second kappa shape index (κ2) is 5.77. The average Bonchev–Trinajstić information content (AvgIpc) is 1.94. The fourth-order valence-corrected chi connectivity index (χ4v) is 0.478. The molecule has 0 aromatic heterocycles. The number of benzene rings is 1. The van der Waals surface area contributed by atoms with Crippen LogP contribution in [0, 0.1) is 6.92 Å². The Morgan fingerprint density at radius 1 is 1.11 bits per heavy atom. The maximum atomic E-state index is 8.38. The molecule has 0 fully saturated rings. The van der Waals surface area contributed by atoms with Crippen molar-refractivity contribution in [3.63, 3.8) is 0 Å². The zero-order valence-electron chi connectivity index (χ0n) is 5.21. The third-order valence-electron chi connectivity index (χ3n) is 0.843. The summed E-state index contributed by atoms with van der Waals surface area (Å²) >= 11 is 0.125. The average molecular weight is 173 g/mol. The summed E-state index contributed by atoms with van der Waals surface area (Å²) in [5.41, 5.74) is 1.07. The predicted molar refractivity (Wildman–Crippen MR) is 31.6 cm³/mol. The van der Waals surface area contributed by atoms with E-state index in [2.05, 4.69) is 6.92 Å². The van der Waals surface area contributed by atoms with Crippen molar-refractivity contribution >= 4 is 0 Å². The molecule has 1 nitrogen and oxygen atoms in total. The molecule has 9 heavy (non-hydrogen) atoms. The Hall–Kier alpha value is -0.357. The van der Waals surface area contributed by atoms with Gasteiger partial charge in [0.25, 0.3) is 0 Å². The molecule has 0 saturated carbocycles. The quantitative estimate of drug-likeness (QED) is 0.545. The second-order valence-corrected chi connectivity index (χ2v) is 1.49. The second-order valence-electron chi connectivity index (χ2n) is 1.49. The van der Waals surface area contributed by atoms with Crippen LogP contribution >= 0.6 is 0 Å². The van der Waals surface area contributed by atoms with Gasteiger partial charge in [0.05, 0.1) is 0 Å². The van der Waals surface area contributed by atoms with Crippen molar-refractivity contribution in [1.82, 2.24) is 0 Å². The molecule has 0 unspecified atom stereocenters. The van der Waals surface area contributed by atoms with E-state index in [0.717, 1.165) is 5.56 Å². The summed E-state index contributed by atoms with van der Waals surface area (Å²) in [5, 5.41) is 0. The molecule has 0 spiro atoms. The molecule has 0 N–H and O–H groups in total. The van der Waals surface area contributed by atoms with Crippen LogP contribution in [0.3, 0.4) is 0 Å². The Balaban J connectivity index is 0.000000291. The summed E-state index contributed by atoms with van der Waals surface area (Å²) in [4.78, 5) is 0. The molecule has 1 rings (SSSR count). The summed E-state index contributed by atoms with van der Waals surface area (Å²) in [6.07, 6.45) is 0. The third-order valence-corrected chi connectivity index (χ3v) is 0.843. The van der Waals surface area contributed by atoms with Crippen LogP contribution in [0.4, 0.5) is 0 Å². The van der Waals surface area contributed by atoms with Crippen LogP contribution in [-0.2, 0) is 21.8 Å². The molecule has 2 heteroatoms. The van der Waals surface area contributed by atoms with Gasteiger partial charge in [0.2, 0.25) is 0 Å². The SMILES string of the molecule is [CH2]c1ccccc1.[O]=[Zn]. The fraction of sp³-hybridized carbons (Fsp3) is 0. The minimum absolute atomic E-state index is 0.125. The van der Waals surface area contributed by atoms with Gasteiger partial charge in [-0.1, -0.05) is 30.3 Å². The molecule has 1 aromatic rings. The van der Waals surface area contributed by atoms with E-state index in [0.29, 0.717) is 0 Å². The van der Waals surface area contributed by atoms with E-state index in [4.69, 9.17) is 3.57 Å². The Morgan fingerprint density at radius 3 is 1.78 bits per heavy atom. The van der Waals surface area contributed by atoms with Crippen LogP contribution < -0.4 is 0 Å². The van der Waals surface area contributed by atoms with E-state index < -0.39 is 0 Å². The summed E-state index contributed by atoms with van der Waals surface area (Å²) in [6, 6.07) is 9.87. The van der Waals surface area contributed by atoms with Gasteiger partial charge in [0.1, 0.15) is 0 Å². The van der Waals surface area contributed by atoms with Gasteiger partial charge in [-0.2, -0.15) is 0 Å². The van der Waals surface area contributed by atoms with Crippen molar-refractivity contribution in [2.75, 3.05) is 0 Å². The van der Waals surface area contributed by atoms with E-state index in [-0.39, 0.29) is 18.3 Å². The predicted octanol–water partition coefficient (Wildman–Crippen LogP) is 1.75. The standard InChI is InChI=1S/C7H7.O.Zn/c1-7-5-3-2-4-6-7;;/h2-6H,1H2;;. The van der Waals surface area contributed by atoms with E-state index >= 15 is 0 Å². The molecule has 0 atom stereocenters. The number of rotatable bonds is 0. The Morgan fingerprint density at radius 2 is 1.56 bits per heavy atom. The molecule has 1 aromatic carbocycles. The first-order valence-corrected chi connectivity index (χ1v) is 3.76. The Kier molecular flexibility index (Phi) is 5.55. The minimum atomic E-state index is 0.125. The van der Waals surface area contributed by atoms with Crippen molar-refractivity contribution in [2.45, 2.75) is 0 Å². The topological polar surface area (TPSA) is 17.1 Å². The van der Waals surface area contributed by atoms with Gasteiger partial charge in [0, 0.05) is 0 Å². The zero-order chi connectivity index (χ0) is 7.11. The molecule has 0 bridgehead atoms. The van der Waals surface area contributed by atoms with E-state index in [1.807, 2.05) is 30.3 Å². The molecule has 0 aliphatic carbocycles. The number of hydrogen-bond donors (Lipinski definition) is 0. The van der Waals surface area contributed by atoms with Crippen molar-refractivity contribution in [3.8, 4) is 0 Å². The summed E-state index contributed by atoms with van der Waals surface area (Å²) in [5.74, 6) is 0. The molecule has 0 aliphatic heterocycles. The fourth-order valence-electron chi connectivity index (χ4n) is 0.478. The molecule has 0 heterocycles. The first kappa shape index (κ1) is 8.64. The Bertz CT molecular complexity index is 150. The molecular formula is C7H7OZn. The Labute approximate surface area is 65.0 Å². The van der Waals surface area contributed by atoms with Gasteiger partial charge in [-0.3, -0.25) is 0 Å². The van der Waals surface area contributed by atoms with Gasteiger partial charge in [-0.25, -0.2) is 0 Å². The molecule has 43 valence electrons. The van der Waals surface area contributed by atoms with Crippen LogP contribution in [0.2, 0.25) is 0 Å². The van der Waals surface area contributed by atoms with Crippen LogP contribution in [0.1, 0.15) is 5.56 Å². The maximum absolute atomic E-state index is 8.38. The van der Waals surface area contributed by atoms with Gasteiger partial charge >= 0.3 is 21.8 Å². The van der Waals surface area contributed by atoms with Gasteiger partial charge in [0.15, 0.2) is 0 Å². The van der Waals surface area contributed by atoms with Gasteiger partial charge in [-0.05, 0) is 12.5 Å². The molecule has 0 saturated heterocycles. The van der Waals surface area contributed by atoms with Gasteiger partial charge in [-0.15, -0.1) is 0 Å². The monoisotopic (exact) mass is 171 g/mol. The number of hydrogen-bond acceptors (Lipinski definition) is 1. The van der Waals surface area contributed by atoms with Crippen molar-refractivity contribution in [3.05, 3.63) is 42.8 Å². The van der Waals surface area contributed by atoms with Crippen LogP contribution in [0.25, 0.3) is 0 Å². The normalized spacial score (nSPS) is 7.44. The summed E-state index contributed by atoms with van der Waals surface area (Å²) < 4.78 is 8.38. The van der Waals surface area contributed by atoms with Crippen LogP contribution in [-0.4, -0.2) is 0 Å². The van der Waals surface area contributed by atoms with Crippen molar-refractivity contribution < 1.29 is 21.8 Å². The van der Waals surface area contributed by atoms with E-state index in [9.17, 15) is 0 Å². The first-order chi connectivity index (χ1) is 4.39. The zero-order valence-corrected chi connectivity index (χ0v) is 8.18. The third kappa shape index (κ3) is 4.17. The molecular weight excluding hydrogens is 165 g/mol. The summed E-state index contributed by atoms with van der Waals surface area (Å²) in [7, 11) is 0. The van der Waals surface area contributed by atoms with Crippen molar-refractivity contribution in [1.29, 1.82) is 0 Å². The first-order valence-electron chi connectivity index (χ1n) is 2.55. The van der Waals surface area contributed by atoms with Crippen LogP contribution in [0.5, 0.6) is 0 Å². The molecule has 1 radical (unpaired) electrons. The van der Waals surface area contributed by atoms with Crippen LogP contribution in [0.15, 0.2) is 30.3 Å². The van der Waals surface area contributed by atoms with E-state index in [1.54, 1.807) is 0 Å². The van der Waals surface area contributed by atoms with E-state index in [1.165, 1.54) is 0 Å². The molecule has 0 amide bonds. The van der Waals surface area contributed by atoms with Crippen molar-refractivity contribution in [2.24, 2.45) is 0 Å². The molecule has 0 aliphatic rings. The van der Waals surface area contributed by atoms with Gasteiger partial charge < -0.3 is 0 Å². The summed E-state index contributed by atoms with van der Waals surface area (Å²) in [6.45, 7) is 3.72.